The molecule has 4 heteroatoms. The molecule has 1 aromatic rings. The Balaban J connectivity index is 3.12. The van der Waals surface area contributed by atoms with E-state index in [-0.39, 0.29) is 24.0 Å². The minimum Gasteiger partial charge on any atom is -0.491 e. The average Bonchev–Trinajstić information content (AvgIpc) is 2.21. The summed E-state index contributed by atoms with van der Waals surface area (Å²) in [5.74, 6) is 0.587. The molecule has 0 amide bonds. The van der Waals surface area contributed by atoms with Gasteiger partial charge in [0.15, 0.2) is 0 Å². The molecule has 1 N–H and O–H groups in total. The van der Waals surface area contributed by atoms with Gasteiger partial charge in [-0.1, -0.05) is 57.8 Å². The molecular weight excluding hydrogens is 295 g/mol. The molecule has 2 nitrogen and oxygen atoms in total. The number of rotatable bonds is 5. The zero-order chi connectivity index (χ0) is 15.6. The van der Waals surface area contributed by atoms with E-state index in [1.807, 2.05) is 0 Å². The van der Waals surface area contributed by atoms with Crippen LogP contribution in [0.1, 0.15) is 46.6 Å². The molecule has 0 radical (unpaired) electrons. The van der Waals surface area contributed by atoms with E-state index >= 15 is 0 Å². The number of aliphatic hydroxyl groups is 1. The molecule has 0 aliphatic rings. The molecule has 0 saturated heterocycles. The summed E-state index contributed by atoms with van der Waals surface area (Å²) >= 11 is 12.8. The van der Waals surface area contributed by atoms with E-state index in [0.29, 0.717) is 15.8 Å². The number of hydrogen-bond donors (Lipinski definition) is 1. The molecule has 0 saturated carbocycles. The molecule has 1 rings (SSSR count). The summed E-state index contributed by atoms with van der Waals surface area (Å²) in [5, 5.41) is 10.0. The molecule has 0 spiro atoms. The number of aliphatic hydroxyl groups excluding tert-OH is 1. The minimum absolute atomic E-state index is 0.0352. The van der Waals surface area contributed by atoms with E-state index < -0.39 is 0 Å². The van der Waals surface area contributed by atoms with Gasteiger partial charge < -0.3 is 9.84 Å². The fourth-order valence-electron chi connectivity index (χ4n) is 2.86. The quantitative estimate of drug-likeness (QED) is 0.820. The topological polar surface area (TPSA) is 29.5 Å². The number of hydrogen-bond acceptors (Lipinski definition) is 2. The lowest BCUT2D eigenvalue weighted by molar-refractivity contribution is 0.201. The van der Waals surface area contributed by atoms with Gasteiger partial charge in [-0.2, -0.15) is 0 Å². The van der Waals surface area contributed by atoms with Gasteiger partial charge in [0, 0.05) is 10.0 Å². The van der Waals surface area contributed by atoms with Crippen molar-refractivity contribution in [3.8, 4) is 5.75 Å². The van der Waals surface area contributed by atoms with Crippen LogP contribution in [-0.4, -0.2) is 18.3 Å². The van der Waals surface area contributed by atoms with Gasteiger partial charge in [-0.15, -0.1) is 0 Å². The first-order chi connectivity index (χ1) is 9.07. The van der Waals surface area contributed by atoms with Crippen LogP contribution in [0.4, 0.5) is 0 Å². The van der Waals surface area contributed by atoms with Crippen LogP contribution < -0.4 is 4.74 Å². The third kappa shape index (κ3) is 4.83. The van der Waals surface area contributed by atoms with Crippen molar-refractivity contribution >= 4 is 23.2 Å². The monoisotopic (exact) mass is 318 g/mol. The van der Waals surface area contributed by atoms with E-state index in [2.05, 4.69) is 34.6 Å². The second kappa shape index (κ2) is 6.55. The first-order valence-electron chi connectivity index (χ1n) is 6.80. The molecule has 0 unspecified atom stereocenters. The van der Waals surface area contributed by atoms with Crippen molar-refractivity contribution in [2.75, 3.05) is 13.2 Å². The first kappa shape index (κ1) is 17.6. The summed E-state index contributed by atoms with van der Waals surface area (Å²) in [7, 11) is 0. The average molecular weight is 319 g/mol. The molecule has 114 valence electrons. The second-order valence-corrected chi connectivity index (χ2v) is 7.77. The second-order valence-electron chi connectivity index (χ2n) is 6.96. The van der Waals surface area contributed by atoms with Gasteiger partial charge in [-0.05, 0) is 34.9 Å². The maximum Gasteiger partial charge on any atom is 0.122 e. The van der Waals surface area contributed by atoms with Crippen LogP contribution >= 0.6 is 23.2 Å². The highest BCUT2D eigenvalue weighted by Crippen LogP contribution is 2.44. The highest BCUT2D eigenvalue weighted by atomic mass is 35.5. The number of benzene rings is 1. The predicted octanol–water partition coefficient (Wildman–Crippen LogP) is 5.08. The zero-order valence-electron chi connectivity index (χ0n) is 12.9. The Kier molecular flexibility index (Phi) is 5.77. The standard InChI is InChI=1S/C16H24Cl2O2/c1-15(2,3)10-16(4,5)14-12(17)8-11(9-13(14)18)20-7-6-19/h8-9,19H,6-7,10H2,1-5H3. The van der Waals surface area contributed by atoms with Crippen LogP contribution in [0, 0.1) is 5.41 Å². The first-order valence-corrected chi connectivity index (χ1v) is 7.55. The van der Waals surface area contributed by atoms with Gasteiger partial charge in [-0.25, -0.2) is 0 Å². The summed E-state index contributed by atoms with van der Waals surface area (Å²) in [6.45, 7) is 11.1. The maximum atomic E-state index is 8.79. The Morgan fingerprint density at radius 1 is 1.05 bits per heavy atom. The summed E-state index contributed by atoms with van der Waals surface area (Å²) < 4.78 is 5.37. The Labute approximate surface area is 132 Å². The third-order valence-electron chi connectivity index (χ3n) is 3.02. The molecule has 0 fully saturated rings. The smallest absolute Gasteiger partial charge is 0.122 e. The number of ether oxygens (including phenoxy) is 1. The SMILES string of the molecule is CC(C)(C)CC(C)(C)c1c(Cl)cc(OCCO)cc1Cl. The highest BCUT2D eigenvalue weighted by Gasteiger charge is 2.31. The predicted molar refractivity (Wildman–Crippen MR) is 86.1 cm³/mol. The van der Waals surface area contributed by atoms with Crippen molar-refractivity contribution in [2.45, 2.75) is 46.5 Å². The van der Waals surface area contributed by atoms with E-state index in [1.165, 1.54) is 0 Å². The van der Waals surface area contributed by atoms with Crippen molar-refractivity contribution in [1.82, 2.24) is 0 Å². The Hall–Kier alpha value is -0.440. The van der Waals surface area contributed by atoms with Crippen LogP contribution in [0.25, 0.3) is 0 Å². The summed E-state index contributed by atoms with van der Waals surface area (Å²) in [5.41, 5.74) is 1.01. The van der Waals surface area contributed by atoms with Crippen LogP contribution in [0.5, 0.6) is 5.75 Å². The van der Waals surface area contributed by atoms with Gasteiger partial charge in [-0.3, -0.25) is 0 Å². The summed E-state index contributed by atoms with van der Waals surface area (Å²) in [6, 6.07) is 3.53. The van der Waals surface area contributed by atoms with Crippen molar-refractivity contribution in [3.05, 3.63) is 27.7 Å². The summed E-state index contributed by atoms with van der Waals surface area (Å²) in [6.07, 6.45) is 0.969. The van der Waals surface area contributed by atoms with E-state index in [9.17, 15) is 0 Å². The normalized spacial score (nSPS) is 12.6. The van der Waals surface area contributed by atoms with Crippen molar-refractivity contribution in [3.63, 3.8) is 0 Å². The van der Waals surface area contributed by atoms with Crippen molar-refractivity contribution in [2.24, 2.45) is 5.41 Å². The largest absolute Gasteiger partial charge is 0.491 e. The molecule has 0 bridgehead atoms. The van der Waals surface area contributed by atoms with E-state index in [1.54, 1.807) is 12.1 Å². The van der Waals surface area contributed by atoms with Crippen LogP contribution in [0.3, 0.4) is 0 Å². The molecule has 0 aromatic heterocycles. The lowest BCUT2D eigenvalue weighted by atomic mass is 9.72. The van der Waals surface area contributed by atoms with Gasteiger partial charge in [0.05, 0.1) is 6.61 Å². The molecule has 0 aliphatic carbocycles. The fraction of sp³-hybridized carbons (Fsp3) is 0.625. The third-order valence-corrected chi connectivity index (χ3v) is 3.62. The van der Waals surface area contributed by atoms with E-state index in [4.69, 9.17) is 33.0 Å². The van der Waals surface area contributed by atoms with Crippen LogP contribution in [-0.2, 0) is 5.41 Å². The van der Waals surface area contributed by atoms with Gasteiger partial charge >= 0.3 is 0 Å². The summed E-state index contributed by atoms with van der Waals surface area (Å²) in [4.78, 5) is 0. The van der Waals surface area contributed by atoms with Gasteiger partial charge in [0.2, 0.25) is 0 Å². The Bertz CT molecular complexity index is 439. The van der Waals surface area contributed by atoms with Crippen molar-refractivity contribution < 1.29 is 9.84 Å². The van der Waals surface area contributed by atoms with Crippen molar-refractivity contribution in [1.29, 1.82) is 0 Å². The van der Waals surface area contributed by atoms with Crippen LogP contribution in [0.15, 0.2) is 12.1 Å². The zero-order valence-corrected chi connectivity index (χ0v) is 14.4. The lowest BCUT2D eigenvalue weighted by Crippen LogP contribution is -2.25. The van der Waals surface area contributed by atoms with Gasteiger partial charge in [0.25, 0.3) is 0 Å². The van der Waals surface area contributed by atoms with E-state index in [0.717, 1.165) is 12.0 Å². The molecular formula is C16H24Cl2O2. The lowest BCUT2D eigenvalue weighted by Gasteiger charge is -2.34. The molecule has 20 heavy (non-hydrogen) atoms. The van der Waals surface area contributed by atoms with Crippen LogP contribution in [0.2, 0.25) is 10.0 Å². The van der Waals surface area contributed by atoms with Gasteiger partial charge in [0.1, 0.15) is 12.4 Å². The maximum absolute atomic E-state index is 8.79. The minimum atomic E-state index is -0.123. The highest BCUT2D eigenvalue weighted by molar-refractivity contribution is 6.36. The molecule has 1 aromatic carbocycles. The Morgan fingerprint density at radius 3 is 1.95 bits per heavy atom. The molecule has 0 atom stereocenters. The Morgan fingerprint density at radius 2 is 1.55 bits per heavy atom. The molecule has 0 heterocycles. The fourth-order valence-corrected chi connectivity index (χ4v) is 3.84. The number of halogens is 2. The molecule has 0 aliphatic heterocycles.